The van der Waals surface area contributed by atoms with Crippen LogP contribution in [0.5, 0.6) is 0 Å². The first-order valence-corrected chi connectivity index (χ1v) is 5.54. The minimum absolute atomic E-state index is 0.140. The van der Waals surface area contributed by atoms with Crippen LogP contribution >= 0.6 is 11.6 Å². The van der Waals surface area contributed by atoms with Crippen LogP contribution in [0.25, 0.3) is 0 Å². The molecule has 0 fully saturated rings. The summed E-state index contributed by atoms with van der Waals surface area (Å²) in [6, 6.07) is 3.11. The molecule has 1 amide bonds. The van der Waals surface area contributed by atoms with Crippen LogP contribution in [0.1, 0.15) is 20.3 Å². The van der Waals surface area contributed by atoms with Crippen molar-refractivity contribution in [2.24, 2.45) is 11.7 Å². The quantitative estimate of drug-likeness (QED) is 0.848. The summed E-state index contributed by atoms with van der Waals surface area (Å²) >= 11 is 5.77. The van der Waals surface area contributed by atoms with E-state index >= 15 is 0 Å². The van der Waals surface area contributed by atoms with Gasteiger partial charge in [-0.25, -0.2) is 4.98 Å². The normalized spacial score (nSPS) is 12.6. The number of amides is 1. The highest BCUT2D eigenvalue weighted by atomic mass is 35.5. The molecule has 1 rings (SSSR count). The number of anilines is 1. The summed E-state index contributed by atoms with van der Waals surface area (Å²) in [4.78, 5) is 15.5. The summed E-state index contributed by atoms with van der Waals surface area (Å²) in [5.74, 6) is 0.586. The Morgan fingerprint density at radius 3 is 2.88 bits per heavy atom. The lowest BCUT2D eigenvalue weighted by Gasteiger charge is -2.14. The zero-order valence-electron chi connectivity index (χ0n) is 9.40. The molecular weight excluding hydrogens is 226 g/mol. The van der Waals surface area contributed by atoms with Crippen molar-refractivity contribution in [2.75, 3.05) is 5.32 Å². The fourth-order valence-electron chi connectivity index (χ4n) is 1.12. The number of hydrogen-bond acceptors (Lipinski definition) is 3. The van der Waals surface area contributed by atoms with Crippen molar-refractivity contribution in [3.8, 4) is 0 Å². The molecule has 1 atom stereocenters. The highest BCUT2D eigenvalue weighted by Crippen LogP contribution is 2.12. The molecule has 0 bridgehead atoms. The molecular formula is C11H16ClN3O. The summed E-state index contributed by atoms with van der Waals surface area (Å²) < 4.78 is 0. The lowest BCUT2D eigenvalue weighted by atomic mass is 10.0. The number of aromatic nitrogens is 1. The highest BCUT2D eigenvalue weighted by molar-refractivity contribution is 6.30. The number of halogens is 1. The number of nitrogens with one attached hydrogen (secondary N) is 1. The van der Waals surface area contributed by atoms with Crippen molar-refractivity contribution >= 4 is 23.3 Å². The van der Waals surface area contributed by atoms with E-state index < -0.39 is 0 Å². The van der Waals surface area contributed by atoms with Crippen LogP contribution in [0.2, 0.25) is 5.02 Å². The third-order valence-corrected chi connectivity index (χ3v) is 2.50. The van der Waals surface area contributed by atoms with Gasteiger partial charge in [-0.15, -0.1) is 0 Å². The first kappa shape index (κ1) is 12.9. The van der Waals surface area contributed by atoms with Gasteiger partial charge in [-0.1, -0.05) is 25.4 Å². The minimum atomic E-state index is -0.143. The maximum Gasteiger partial charge on any atom is 0.227 e. The average Bonchev–Trinajstić information content (AvgIpc) is 2.16. The molecule has 0 spiro atoms. The third-order valence-electron chi connectivity index (χ3n) is 2.27. The van der Waals surface area contributed by atoms with Crippen LogP contribution in [0.3, 0.4) is 0 Å². The first-order chi connectivity index (χ1) is 7.49. The SMILES string of the molecule is CC(C)C(N)CC(=O)Nc1cc(Cl)ccn1. The van der Waals surface area contributed by atoms with E-state index in [-0.39, 0.29) is 24.3 Å². The lowest BCUT2D eigenvalue weighted by Crippen LogP contribution is -2.31. The van der Waals surface area contributed by atoms with Gasteiger partial charge in [0.05, 0.1) is 0 Å². The maximum atomic E-state index is 11.6. The van der Waals surface area contributed by atoms with Gasteiger partial charge >= 0.3 is 0 Å². The summed E-state index contributed by atoms with van der Waals surface area (Å²) in [7, 11) is 0. The Morgan fingerprint density at radius 2 is 2.31 bits per heavy atom. The van der Waals surface area contributed by atoms with Crippen molar-refractivity contribution in [3.63, 3.8) is 0 Å². The van der Waals surface area contributed by atoms with Crippen molar-refractivity contribution in [2.45, 2.75) is 26.3 Å². The molecule has 0 aromatic carbocycles. The van der Waals surface area contributed by atoms with E-state index in [2.05, 4.69) is 10.3 Å². The van der Waals surface area contributed by atoms with E-state index in [1.807, 2.05) is 13.8 Å². The lowest BCUT2D eigenvalue weighted by molar-refractivity contribution is -0.116. The average molecular weight is 242 g/mol. The number of carbonyl (C=O) groups is 1. The number of rotatable bonds is 4. The zero-order valence-corrected chi connectivity index (χ0v) is 10.2. The van der Waals surface area contributed by atoms with Crippen molar-refractivity contribution in [1.29, 1.82) is 0 Å². The fourth-order valence-corrected chi connectivity index (χ4v) is 1.28. The molecule has 16 heavy (non-hydrogen) atoms. The Hall–Kier alpha value is -1.13. The number of carbonyl (C=O) groups excluding carboxylic acids is 1. The summed E-state index contributed by atoms with van der Waals surface area (Å²) in [5.41, 5.74) is 5.79. The molecule has 1 aromatic heterocycles. The molecule has 0 saturated heterocycles. The summed E-state index contributed by atoms with van der Waals surface area (Å²) in [5, 5.41) is 3.19. The second kappa shape index (κ2) is 5.82. The topological polar surface area (TPSA) is 68.0 Å². The van der Waals surface area contributed by atoms with E-state index in [1.165, 1.54) is 0 Å². The van der Waals surface area contributed by atoms with E-state index in [9.17, 15) is 4.79 Å². The minimum Gasteiger partial charge on any atom is -0.327 e. The predicted molar refractivity (Wildman–Crippen MR) is 65.3 cm³/mol. The maximum absolute atomic E-state index is 11.6. The molecule has 1 aromatic rings. The van der Waals surface area contributed by atoms with Crippen LogP contribution < -0.4 is 11.1 Å². The Morgan fingerprint density at radius 1 is 1.62 bits per heavy atom. The molecule has 1 heterocycles. The largest absolute Gasteiger partial charge is 0.327 e. The van der Waals surface area contributed by atoms with Crippen LogP contribution in [0, 0.1) is 5.92 Å². The van der Waals surface area contributed by atoms with Gasteiger partial charge in [-0.05, 0) is 18.1 Å². The Balaban J connectivity index is 2.52. The molecule has 0 saturated carbocycles. The van der Waals surface area contributed by atoms with E-state index in [1.54, 1.807) is 18.3 Å². The Kier molecular flexibility index (Phi) is 4.71. The predicted octanol–water partition coefficient (Wildman–Crippen LogP) is 2.05. The zero-order chi connectivity index (χ0) is 12.1. The van der Waals surface area contributed by atoms with Gasteiger partial charge in [0.1, 0.15) is 5.82 Å². The molecule has 5 heteroatoms. The van der Waals surface area contributed by atoms with E-state index in [4.69, 9.17) is 17.3 Å². The van der Waals surface area contributed by atoms with Gasteiger partial charge in [0, 0.05) is 23.7 Å². The Bertz CT molecular complexity index is 368. The van der Waals surface area contributed by atoms with Gasteiger partial charge in [0.15, 0.2) is 0 Å². The first-order valence-electron chi connectivity index (χ1n) is 5.16. The summed E-state index contributed by atoms with van der Waals surface area (Å²) in [6.45, 7) is 3.96. The van der Waals surface area contributed by atoms with Gasteiger partial charge in [-0.2, -0.15) is 0 Å². The molecule has 1 unspecified atom stereocenters. The fraction of sp³-hybridized carbons (Fsp3) is 0.455. The van der Waals surface area contributed by atoms with E-state index in [0.29, 0.717) is 10.8 Å². The van der Waals surface area contributed by atoms with Crippen molar-refractivity contribution in [3.05, 3.63) is 23.4 Å². The number of nitrogens with two attached hydrogens (primary N) is 1. The number of nitrogens with zero attached hydrogens (tertiary/aromatic N) is 1. The van der Waals surface area contributed by atoms with Crippen LogP contribution in [-0.2, 0) is 4.79 Å². The third kappa shape index (κ3) is 4.16. The number of pyridine rings is 1. The molecule has 0 aliphatic heterocycles. The highest BCUT2D eigenvalue weighted by Gasteiger charge is 2.13. The summed E-state index contributed by atoms with van der Waals surface area (Å²) in [6.07, 6.45) is 1.83. The monoisotopic (exact) mass is 241 g/mol. The van der Waals surface area contributed by atoms with Gasteiger partial charge in [-0.3, -0.25) is 4.79 Å². The molecule has 0 radical (unpaired) electrons. The van der Waals surface area contributed by atoms with Crippen LogP contribution in [0.4, 0.5) is 5.82 Å². The van der Waals surface area contributed by atoms with Crippen molar-refractivity contribution < 1.29 is 4.79 Å². The van der Waals surface area contributed by atoms with Crippen LogP contribution in [0.15, 0.2) is 18.3 Å². The Labute approximate surface area is 100 Å². The van der Waals surface area contributed by atoms with Gasteiger partial charge in [0.2, 0.25) is 5.91 Å². The molecule has 3 N–H and O–H groups in total. The second-order valence-corrected chi connectivity index (χ2v) is 4.46. The molecule has 0 aliphatic rings. The molecule has 88 valence electrons. The second-order valence-electron chi connectivity index (χ2n) is 4.02. The smallest absolute Gasteiger partial charge is 0.227 e. The van der Waals surface area contributed by atoms with E-state index in [0.717, 1.165) is 0 Å². The van der Waals surface area contributed by atoms with Crippen LogP contribution in [-0.4, -0.2) is 16.9 Å². The molecule has 4 nitrogen and oxygen atoms in total. The molecule has 0 aliphatic carbocycles. The van der Waals surface area contributed by atoms with Gasteiger partial charge < -0.3 is 11.1 Å². The van der Waals surface area contributed by atoms with Gasteiger partial charge in [0.25, 0.3) is 0 Å². The number of hydrogen-bond donors (Lipinski definition) is 2. The standard InChI is InChI=1S/C11H16ClN3O/c1-7(2)9(13)6-11(16)15-10-5-8(12)3-4-14-10/h3-5,7,9H,6,13H2,1-2H3,(H,14,15,16). The van der Waals surface area contributed by atoms with Crippen molar-refractivity contribution in [1.82, 2.24) is 4.98 Å².